The number of rotatable bonds is 7. The van der Waals surface area contributed by atoms with E-state index in [2.05, 4.69) is 17.6 Å². The first kappa shape index (κ1) is 14.0. The van der Waals surface area contributed by atoms with Gasteiger partial charge in [0.15, 0.2) is 0 Å². The maximum atomic E-state index is 11.4. The number of amides is 2. The number of ether oxygens (including phenoxy) is 1. The number of nitrogens with one attached hydrogen (secondary N) is 2. The third-order valence-electron chi connectivity index (χ3n) is 2.72. The van der Waals surface area contributed by atoms with Gasteiger partial charge in [-0.1, -0.05) is 13.3 Å². The molecule has 1 saturated heterocycles. The van der Waals surface area contributed by atoms with Crippen LogP contribution in [0.2, 0.25) is 0 Å². The molecule has 0 aliphatic carbocycles. The standard InChI is InChI=1S/C12H22N2O3/c1-2-3-6-13-11(15)8-12(16)14-9-10-5-4-7-17-10/h10H,2-9H2,1H3,(H,13,15)(H,14,16). The molecule has 5 nitrogen and oxygen atoms in total. The summed E-state index contributed by atoms with van der Waals surface area (Å²) in [5, 5.41) is 5.43. The molecule has 0 saturated carbocycles. The minimum absolute atomic E-state index is 0.0869. The Bertz CT molecular complexity index is 250. The molecular formula is C12H22N2O3. The van der Waals surface area contributed by atoms with E-state index >= 15 is 0 Å². The number of carbonyl (C=O) groups excluding carboxylic acids is 2. The van der Waals surface area contributed by atoms with Crippen LogP contribution in [-0.4, -0.2) is 37.6 Å². The lowest BCUT2D eigenvalue weighted by molar-refractivity contribution is -0.129. The molecule has 1 unspecified atom stereocenters. The zero-order chi connectivity index (χ0) is 12.5. The molecule has 2 amide bonds. The van der Waals surface area contributed by atoms with E-state index in [0.717, 1.165) is 32.3 Å². The molecule has 17 heavy (non-hydrogen) atoms. The van der Waals surface area contributed by atoms with E-state index in [1.54, 1.807) is 0 Å². The van der Waals surface area contributed by atoms with Crippen LogP contribution in [0.4, 0.5) is 0 Å². The van der Waals surface area contributed by atoms with E-state index in [9.17, 15) is 9.59 Å². The van der Waals surface area contributed by atoms with Crippen LogP contribution in [0, 0.1) is 0 Å². The van der Waals surface area contributed by atoms with Crippen LogP contribution < -0.4 is 10.6 Å². The van der Waals surface area contributed by atoms with Gasteiger partial charge in [-0.15, -0.1) is 0 Å². The molecule has 1 atom stereocenters. The second-order valence-electron chi connectivity index (χ2n) is 4.32. The first-order valence-corrected chi connectivity index (χ1v) is 6.37. The van der Waals surface area contributed by atoms with Crippen LogP contribution in [0.5, 0.6) is 0 Å². The van der Waals surface area contributed by atoms with Crippen LogP contribution in [0.25, 0.3) is 0 Å². The van der Waals surface area contributed by atoms with Gasteiger partial charge < -0.3 is 15.4 Å². The van der Waals surface area contributed by atoms with Gasteiger partial charge in [0.05, 0.1) is 6.10 Å². The third kappa shape index (κ3) is 6.26. The highest BCUT2D eigenvalue weighted by atomic mass is 16.5. The Balaban J connectivity index is 2.04. The summed E-state index contributed by atoms with van der Waals surface area (Å²) in [7, 11) is 0. The Hall–Kier alpha value is -1.10. The minimum atomic E-state index is -0.227. The number of hydrogen-bond donors (Lipinski definition) is 2. The molecule has 0 aromatic heterocycles. The van der Waals surface area contributed by atoms with Crippen molar-refractivity contribution in [3.8, 4) is 0 Å². The summed E-state index contributed by atoms with van der Waals surface area (Å²) >= 11 is 0. The molecule has 5 heteroatoms. The maximum absolute atomic E-state index is 11.4. The predicted molar refractivity (Wildman–Crippen MR) is 64.5 cm³/mol. The first-order chi connectivity index (χ1) is 8.22. The van der Waals surface area contributed by atoms with Crippen molar-refractivity contribution in [2.75, 3.05) is 19.7 Å². The summed E-state index contributed by atoms with van der Waals surface area (Å²) < 4.78 is 5.37. The van der Waals surface area contributed by atoms with Gasteiger partial charge in [-0.3, -0.25) is 9.59 Å². The van der Waals surface area contributed by atoms with Gasteiger partial charge in [-0.05, 0) is 19.3 Å². The number of hydrogen-bond acceptors (Lipinski definition) is 3. The first-order valence-electron chi connectivity index (χ1n) is 6.37. The number of unbranched alkanes of at least 4 members (excludes halogenated alkanes) is 1. The second-order valence-corrected chi connectivity index (χ2v) is 4.32. The fraction of sp³-hybridized carbons (Fsp3) is 0.833. The molecule has 1 aliphatic heterocycles. The van der Waals surface area contributed by atoms with Crippen LogP contribution in [-0.2, 0) is 14.3 Å². The largest absolute Gasteiger partial charge is 0.376 e. The Morgan fingerprint density at radius 2 is 2.06 bits per heavy atom. The number of carbonyl (C=O) groups is 2. The Morgan fingerprint density at radius 3 is 2.71 bits per heavy atom. The van der Waals surface area contributed by atoms with E-state index in [-0.39, 0.29) is 24.3 Å². The maximum Gasteiger partial charge on any atom is 0.229 e. The van der Waals surface area contributed by atoms with Crippen molar-refractivity contribution in [2.45, 2.75) is 45.1 Å². The lowest BCUT2D eigenvalue weighted by Gasteiger charge is -2.10. The smallest absolute Gasteiger partial charge is 0.229 e. The molecule has 2 N–H and O–H groups in total. The average Bonchev–Trinajstić information content (AvgIpc) is 2.79. The molecule has 1 aliphatic rings. The normalized spacial score (nSPS) is 19.0. The molecule has 0 radical (unpaired) electrons. The highest BCUT2D eigenvalue weighted by Crippen LogP contribution is 2.10. The van der Waals surface area contributed by atoms with Gasteiger partial charge in [0, 0.05) is 19.7 Å². The van der Waals surface area contributed by atoms with Gasteiger partial charge >= 0.3 is 0 Å². The third-order valence-corrected chi connectivity index (χ3v) is 2.72. The summed E-state index contributed by atoms with van der Waals surface area (Å²) in [5.41, 5.74) is 0. The second kappa shape index (κ2) is 8.06. The highest BCUT2D eigenvalue weighted by molar-refractivity contribution is 5.96. The van der Waals surface area contributed by atoms with Gasteiger partial charge in [0.1, 0.15) is 6.42 Å². The molecule has 1 fully saturated rings. The van der Waals surface area contributed by atoms with Gasteiger partial charge in [-0.2, -0.15) is 0 Å². The molecule has 0 spiro atoms. The van der Waals surface area contributed by atoms with E-state index in [4.69, 9.17) is 4.74 Å². The quantitative estimate of drug-likeness (QED) is 0.507. The summed E-state index contributed by atoms with van der Waals surface area (Å²) in [6.45, 7) is 3.99. The van der Waals surface area contributed by atoms with Gasteiger partial charge in [0.2, 0.25) is 11.8 Å². The van der Waals surface area contributed by atoms with Crippen LogP contribution in [0.3, 0.4) is 0 Å². The van der Waals surface area contributed by atoms with E-state index < -0.39 is 0 Å². The zero-order valence-electron chi connectivity index (χ0n) is 10.5. The molecule has 0 aromatic rings. The molecule has 1 rings (SSSR count). The topological polar surface area (TPSA) is 67.4 Å². The summed E-state index contributed by atoms with van der Waals surface area (Å²) in [6, 6.07) is 0. The molecular weight excluding hydrogens is 220 g/mol. The zero-order valence-corrected chi connectivity index (χ0v) is 10.5. The lowest BCUT2D eigenvalue weighted by atomic mass is 10.2. The van der Waals surface area contributed by atoms with Crippen molar-refractivity contribution in [1.29, 1.82) is 0 Å². The van der Waals surface area contributed by atoms with E-state index in [1.807, 2.05) is 0 Å². The van der Waals surface area contributed by atoms with Crippen molar-refractivity contribution in [1.82, 2.24) is 10.6 Å². The van der Waals surface area contributed by atoms with Crippen molar-refractivity contribution in [3.05, 3.63) is 0 Å². The van der Waals surface area contributed by atoms with Gasteiger partial charge in [0.25, 0.3) is 0 Å². The van der Waals surface area contributed by atoms with Gasteiger partial charge in [-0.25, -0.2) is 0 Å². The van der Waals surface area contributed by atoms with E-state index in [1.165, 1.54) is 0 Å². The van der Waals surface area contributed by atoms with Crippen LogP contribution in [0.1, 0.15) is 39.0 Å². The molecule has 0 aromatic carbocycles. The highest BCUT2D eigenvalue weighted by Gasteiger charge is 2.16. The summed E-state index contributed by atoms with van der Waals surface area (Å²) in [4.78, 5) is 22.7. The Kier molecular flexibility index (Phi) is 6.62. The van der Waals surface area contributed by atoms with Crippen LogP contribution >= 0.6 is 0 Å². The fourth-order valence-corrected chi connectivity index (χ4v) is 1.71. The minimum Gasteiger partial charge on any atom is -0.376 e. The molecule has 0 bridgehead atoms. The predicted octanol–water partition coefficient (Wildman–Crippen LogP) is 0.588. The Labute approximate surface area is 102 Å². The van der Waals surface area contributed by atoms with Crippen molar-refractivity contribution >= 4 is 11.8 Å². The summed E-state index contributed by atoms with van der Waals surface area (Å²) in [6.07, 6.45) is 4.06. The lowest BCUT2D eigenvalue weighted by Crippen LogP contribution is -2.36. The monoisotopic (exact) mass is 242 g/mol. The SMILES string of the molecule is CCCCNC(=O)CC(=O)NCC1CCCO1. The molecule has 1 heterocycles. The van der Waals surface area contributed by atoms with Crippen molar-refractivity contribution in [2.24, 2.45) is 0 Å². The summed E-state index contributed by atoms with van der Waals surface area (Å²) in [5.74, 6) is -0.433. The van der Waals surface area contributed by atoms with Crippen molar-refractivity contribution in [3.63, 3.8) is 0 Å². The Morgan fingerprint density at radius 1 is 1.29 bits per heavy atom. The fourth-order valence-electron chi connectivity index (χ4n) is 1.71. The van der Waals surface area contributed by atoms with E-state index in [0.29, 0.717) is 13.1 Å². The van der Waals surface area contributed by atoms with Crippen molar-refractivity contribution < 1.29 is 14.3 Å². The van der Waals surface area contributed by atoms with Crippen LogP contribution in [0.15, 0.2) is 0 Å². The average molecular weight is 242 g/mol. The molecule has 98 valence electrons.